The summed E-state index contributed by atoms with van der Waals surface area (Å²) >= 11 is 0. The van der Waals surface area contributed by atoms with Gasteiger partial charge in [-0.3, -0.25) is 4.98 Å². The molecule has 0 aliphatic heterocycles. The van der Waals surface area contributed by atoms with Gasteiger partial charge in [-0.25, -0.2) is 9.67 Å². The molecule has 2 heterocycles. The summed E-state index contributed by atoms with van der Waals surface area (Å²) in [5.41, 5.74) is 7.29. The van der Waals surface area contributed by atoms with Crippen LogP contribution in [0.2, 0.25) is 0 Å². The monoisotopic (exact) mass is 273 g/mol. The number of hydrogen-bond donors (Lipinski definition) is 1. The van der Waals surface area contributed by atoms with Gasteiger partial charge in [0.05, 0.1) is 0 Å². The second-order valence-electron chi connectivity index (χ2n) is 5.58. The second-order valence-corrected chi connectivity index (χ2v) is 5.58. The van der Waals surface area contributed by atoms with E-state index in [0.29, 0.717) is 5.92 Å². The van der Waals surface area contributed by atoms with Crippen molar-refractivity contribution < 1.29 is 0 Å². The van der Waals surface area contributed by atoms with E-state index in [9.17, 15) is 0 Å². The third kappa shape index (κ3) is 4.42. The number of rotatable bonds is 7. The molecular weight excluding hydrogens is 250 g/mol. The zero-order valence-electron chi connectivity index (χ0n) is 12.2. The quantitative estimate of drug-likeness (QED) is 0.835. The third-order valence-corrected chi connectivity index (χ3v) is 3.18. The highest BCUT2D eigenvalue weighted by Crippen LogP contribution is 2.07. The van der Waals surface area contributed by atoms with Crippen molar-refractivity contribution in [2.75, 3.05) is 0 Å². The van der Waals surface area contributed by atoms with Crippen molar-refractivity contribution in [3.8, 4) is 0 Å². The van der Waals surface area contributed by atoms with Crippen molar-refractivity contribution in [3.05, 3.63) is 42.2 Å². The van der Waals surface area contributed by atoms with E-state index in [1.54, 1.807) is 6.33 Å². The Morgan fingerprint density at radius 1 is 1.25 bits per heavy atom. The molecule has 2 N–H and O–H groups in total. The lowest BCUT2D eigenvalue weighted by Gasteiger charge is -2.13. The summed E-state index contributed by atoms with van der Waals surface area (Å²) in [4.78, 5) is 8.64. The first kappa shape index (κ1) is 14.7. The molecule has 5 heteroatoms. The third-order valence-electron chi connectivity index (χ3n) is 3.18. The van der Waals surface area contributed by atoms with Crippen LogP contribution in [0.1, 0.15) is 31.8 Å². The number of aromatic nitrogens is 4. The number of hydrogen-bond acceptors (Lipinski definition) is 4. The van der Waals surface area contributed by atoms with E-state index in [0.717, 1.165) is 37.3 Å². The molecule has 0 radical (unpaired) electrons. The zero-order valence-corrected chi connectivity index (χ0v) is 12.2. The standard InChI is InChI=1S/C15H23N5/c1-12(2)10-20-15(18-11-19-20)9-13(16)6-7-14-5-3-4-8-17-14/h3-5,8,11-13H,6-7,9-10,16H2,1-2H3. The number of aryl methyl sites for hydroxylation is 1. The van der Waals surface area contributed by atoms with Crippen molar-refractivity contribution >= 4 is 0 Å². The Balaban J connectivity index is 1.85. The van der Waals surface area contributed by atoms with Crippen LogP contribution in [0.15, 0.2) is 30.7 Å². The Labute approximate surface area is 120 Å². The van der Waals surface area contributed by atoms with Gasteiger partial charge in [0, 0.05) is 30.9 Å². The van der Waals surface area contributed by atoms with Crippen molar-refractivity contribution in [1.82, 2.24) is 19.7 Å². The lowest BCUT2D eigenvalue weighted by Crippen LogP contribution is -2.26. The molecule has 1 unspecified atom stereocenters. The minimum atomic E-state index is 0.0899. The van der Waals surface area contributed by atoms with E-state index in [1.165, 1.54) is 0 Å². The molecule has 0 aliphatic carbocycles. The predicted molar refractivity (Wildman–Crippen MR) is 79.1 cm³/mol. The Kier molecular flexibility index (Phi) is 5.24. The van der Waals surface area contributed by atoms with Gasteiger partial charge in [0.15, 0.2) is 0 Å². The molecule has 2 aromatic rings. The molecule has 2 aromatic heterocycles. The van der Waals surface area contributed by atoms with Gasteiger partial charge in [0.1, 0.15) is 12.2 Å². The van der Waals surface area contributed by atoms with Gasteiger partial charge in [-0.15, -0.1) is 0 Å². The topological polar surface area (TPSA) is 69.6 Å². The first-order chi connectivity index (χ1) is 9.65. The van der Waals surface area contributed by atoms with E-state index in [4.69, 9.17) is 5.73 Å². The fourth-order valence-electron chi connectivity index (χ4n) is 2.16. The van der Waals surface area contributed by atoms with E-state index in [2.05, 4.69) is 28.9 Å². The summed E-state index contributed by atoms with van der Waals surface area (Å²) in [6.07, 6.45) is 6.01. The molecule has 108 valence electrons. The Morgan fingerprint density at radius 3 is 2.80 bits per heavy atom. The van der Waals surface area contributed by atoms with Crippen LogP contribution in [-0.2, 0) is 19.4 Å². The SMILES string of the molecule is CC(C)Cn1ncnc1CC(N)CCc1ccccn1. The maximum absolute atomic E-state index is 6.20. The number of nitrogens with two attached hydrogens (primary N) is 1. The van der Waals surface area contributed by atoms with Crippen LogP contribution in [0, 0.1) is 5.92 Å². The summed E-state index contributed by atoms with van der Waals surface area (Å²) < 4.78 is 1.96. The van der Waals surface area contributed by atoms with E-state index >= 15 is 0 Å². The minimum Gasteiger partial charge on any atom is -0.327 e. The van der Waals surface area contributed by atoms with Crippen LogP contribution in [-0.4, -0.2) is 25.8 Å². The fraction of sp³-hybridized carbons (Fsp3) is 0.533. The van der Waals surface area contributed by atoms with Gasteiger partial charge >= 0.3 is 0 Å². The van der Waals surface area contributed by atoms with Crippen LogP contribution in [0.25, 0.3) is 0 Å². The van der Waals surface area contributed by atoms with Gasteiger partial charge in [0.25, 0.3) is 0 Å². The van der Waals surface area contributed by atoms with Gasteiger partial charge in [-0.2, -0.15) is 5.10 Å². The summed E-state index contributed by atoms with van der Waals surface area (Å²) in [7, 11) is 0. The first-order valence-electron chi connectivity index (χ1n) is 7.17. The van der Waals surface area contributed by atoms with Crippen LogP contribution >= 0.6 is 0 Å². The van der Waals surface area contributed by atoms with E-state index < -0.39 is 0 Å². The largest absolute Gasteiger partial charge is 0.327 e. The highest BCUT2D eigenvalue weighted by molar-refractivity contribution is 5.04. The van der Waals surface area contributed by atoms with Gasteiger partial charge in [-0.05, 0) is 30.9 Å². The molecule has 0 fully saturated rings. The summed E-state index contributed by atoms with van der Waals surface area (Å²) in [5, 5.41) is 4.27. The highest BCUT2D eigenvalue weighted by Gasteiger charge is 2.11. The average molecular weight is 273 g/mol. The highest BCUT2D eigenvalue weighted by atomic mass is 15.3. The van der Waals surface area contributed by atoms with Gasteiger partial charge < -0.3 is 5.73 Å². The van der Waals surface area contributed by atoms with Crippen molar-refractivity contribution in [2.24, 2.45) is 11.7 Å². The van der Waals surface area contributed by atoms with Crippen molar-refractivity contribution in [3.63, 3.8) is 0 Å². The number of pyridine rings is 1. The molecule has 0 bridgehead atoms. The molecule has 20 heavy (non-hydrogen) atoms. The molecule has 0 amide bonds. The van der Waals surface area contributed by atoms with Crippen LogP contribution in [0.4, 0.5) is 0 Å². The smallest absolute Gasteiger partial charge is 0.138 e. The molecule has 0 saturated heterocycles. The van der Waals surface area contributed by atoms with Crippen molar-refractivity contribution in [2.45, 2.75) is 45.7 Å². The molecule has 5 nitrogen and oxygen atoms in total. The molecule has 0 saturated carbocycles. The Bertz CT molecular complexity index is 506. The lowest BCUT2D eigenvalue weighted by atomic mass is 10.1. The van der Waals surface area contributed by atoms with E-state index in [-0.39, 0.29) is 6.04 Å². The predicted octanol–water partition coefficient (Wildman–Crippen LogP) is 1.83. The van der Waals surface area contributed by atoms with Crippen LogP contribution in [0.5, 0.6) is 0 Å². The molecule has 0 aliphatic rings. The molecule has 0 aromatic carbocycles. The summed E-state index contributed by atoms with van der Waals surface area (Å²) in [6, 6.07) is 6.06. The number of nitrogens with zero attached hydrogens (tertiary/aromatic N) is 4. The van der Waals surface area contributed by atoms with Crippen molar-refractivity contribution in [1.29, 1.82) is 0 Å². The average Bonchev–Trinajstić information content (AvgIpc) is 2.84. The second kappa shape index (κ2) is 7.14. The van der Waals surface area contributed by atoms with Crippen LogP contribution in [0.3, 0.4) is 0 Å². The Hall–Kier alpha value is -1.75. The fourth-order valence-corrected chi connectivity index (χ4v) is 2.16. The molecular formula is C15H23N5. The first-order valence-corrected chi connectivity index (χ1v) is 7.17. The van der Waals surface area contributed by atoms with Crippen LogP contribution < -0.4 is 5.73 Å². The maximum Gasteiger partial charge on any atom is 0.138 e. The Morgan fingerprint density at radius 2 is 2.10 bits per heavy atom. The van der Waals surface area contributed by atoms with Gasteiger partial charge in [0.2, 0.25) is 0 Å². The molecule has 1 atom stereocenters. The summed E-state index contributed by atoms with van der Waals surface area (Å²) in [5.74, 6) is 1.53. The lowest BCUT2D eigenvalue weighted by molar-refractivity contribution is 0.454. The van der Waals surface area contributed by atoms with E-state index in [1.807, 2.05) is 29.1 Å². The normalized spacial score (nSPS) is 12.8. The molecule has 2 rings (SSSR count). The molecule has 0 spiro atoms. The van der Waals surface area contributed by atoms with Gasteiger partial charge in [-0.1, -0.05) is 19.9 Å². The minimum absolute atomic E-state index is 0.0899. The summed E-state index contributed by atoms with van der Waals surface area (Å²) in [6.45, 7) is 5.24. The zero-order chi connectivity index (χ0) is 14.4. The maximum atomic E-state index is 6.20.